The summed E-state index contributed by atoms with van der Waals surface area (Å²) in [6.07, 6.45) is 2.30. The number of carbonyl (C=O) groups excluding carboxylic acids is 1. The molecule has 0 spiro atoms. The van der Waals surface area contributed by atoms with E-state index in [1.165, 1.54) is 6.21 Å². The van der Waals surface area contributed by atoms with E-state index in [9.17, 15) is 4.79 Å². The summed E-state index contributed by atoms with van der Waals surface area (Å²) in [5, 5.41) is 4.05. The minimum Gasteiger partial charge on any atom is -0.449 e. The van der Waals surface area contributed by atoms with E-state index in [2.05, 4.69) is 57.4 Å². The van der Waals surface area contributed by atoms with Gasteiger partial charge in [-0.2, -0.15) is 5.10 Å². The summed E-state index contributed by atoms with van der Waals surface area (Å²) in [5.74, 6) is 0.402. The summed E-state index contributed by atoms with van der Waals surface area (Å²) in [4.78, 5) is 12.7. The summed E-state index contributed by atoms with van der Waals surface area (Å²) >= 11 is 2.09. The third-order valence-corrected chi connectivity index (χ3v) is 5.40. The lowest BCUT2D eigenvalue weighted by molar-refractivity contribution is -0.122. The Bertz CT molecular complexity index is 895. The van der Waals surface area contributed by atoms with Crippen molar-refractivity contribution < 1.29 is 9.21 Å². The molecule has 1 atom stereocenters. The van der Waals surface area contributed by atoms with Crippen molar-refractivity contribution in [3.05, 3.63) is 93.5 Å². The van der Waals surface area contributed by atoms with Crippen molar-refractivity contribution in [2.75, 3.05) is 0 Å². The third kappa shape index (κ3) is 3.19. The van der Waals surface area contributed by atoms with E-state index in [0.717, 1.165) is 21.3 Å². The predicted molar refractivity (Wildman–Crippen MR) is 109 cm³/mol. The summed E-state index contributed by atoms with van der Waals surface area (Å²) in [6, 6.07) is 24.1. The van der Waals surface area contributed by atoms with Gasteiger partial charge in [0, 0.05) is 5.41 Å². The predicted octanol–water partition coefficient (Wildman–Crippen LogP) is 4.34. The van der Waals surface area contributed by atoms with Crippen LogP contribution in [0.2, 0.25) is 0 Å². The molecule has 0 saturated heterocycles. The van der Waals surface area contributed by atoms with Crippen molar-refractivity contribution in [2.24, 2.45) is 11.0 Å². The monoisotopic (exact) mass is 456 g/mol. The highest BCUT2D eigenvalue weighted by molar-refractivity contribution is 14.1. The van der Waals surface area contributed by atoms with Gasteiger partial charge in [-0.15, -0.1) is 0 Å². The lowest BCUT2D eigenvalue weighted by atomic mass is 9.85. The molecule has 0 aliphatic heterocycles. The van der Waals surface area contributed by atoms with Crippen LogP contribution in [0.1, 0.15) is 23.3 Å². The quantitative estimate of drug-likeness (QED) is 0.353. The van der Waals surface area contributed by atoms with Crippen molar-refractivity contribution in [1.82, 2.24) is 5.43 Å². The highest BCUT2D eigenvalue weighted by Gasteiger charge is 2.60. The number of carbonyl (C=O) groups is 1. The first-order valence-electron chi connectivity index (χ1n) is 8.39. The number of nitrogens with one attached hydrogen (secondary N) is 1. The number of furan rings is 1. The fourth-order valence-electron chi connectivity index (χ4n) is 3.49. The average Bonchev–Trinajstić information content (AvgIpc) is 3.32. The molecular weight excluding hydrogens is 439 g/mol. The van der Waals surface area contributed by atoms with E-state index < -0.39 is 0 Å². The highest BCUT2D eigenvalue weighted by atomic mass is 127. The van der Waals surface area contributed by atoms with Gasteiger partial charge in [0.1, 0.15) is 5.76 Å². The Morgan fingerprint density at radius 1 is 1.04 bits per heavy atom. The van der Waals surface area contributed by atoms with E-state index in [4.69, 9.17) is 4.42 Å². The second-order valence-electron chi connectivity index (χ2n) is 6.34. The second-order valence-corrected chi connectivity index (χ2v) is 7.40. The Morgan fingerprint density at radius 2 is 1.65 bits per heavy atom. The van der Waals surface area contributed by atoms with Gasteiger partial charge in [-0.05, 0) is 52.3 Å². The first-order chi connectivity index (χ1) is 12.7. The third-order valence-electron chi connectivity index (χ3n) is 4.82. The zero-order valence-corrected chi connectivity index (χ0v) is 16.1. The van der Waals surface area contributed by atoms with Gasteiger partial charge in [0.05, 0.1) is 12.1 Å². The Balaban J connectivity index is 1.55. The molecule has 0 radical (unpaired) electrons. The van der Waals surface area contributed by atoms with E-state index in [1.807, 2.05) is 48.5 Å². The van der Waals surface area contributed by atoms with Gasteiger partial charge in [-0.25, -0.2) is 5.43 Å². The summed E-state index contributed by atoms with van der Waals surface area (Å²) in [7, 11) is 0. The zero-order valence-electron chi connectivity index (χ0n) is 13.9. The molecule has 4 nitrogen and oxygen atoms in total. The molecule has 1 amide bonds. The van der Waals surface area contributed by atoms with Crippen LogP contribution in [-0.2, 0) is 10.2 Å². The molecule has 1 heterocycles. The largest absolute Gasteiger partial charge is 0.449 e. The van der Waals surface area contributed by atoms with E-state index >= 15 is 0 Å². The Morgan fingerprint density at radius 3 is 2.19 bits per heavy atom. The normalized spacial score (nSPS) is 18.0. The molecule has 1 fully saturated rings. The Hall–Kier alpha value is -2.41. The average molecular weight is 456 g/mol. The lowest BCUT2D eigenvalue weighted by Crippen LogP contribution is -2.25. The van der Waals surface area contributed by atoms with Gasteiger partial charge in [-0.3, -0.25) is 4.79 Å². The lowest BCUT2D eigenvalue weighted by Gasteiger charge is -2.18. The number of hydrazone groups is 1. The maximum absolute atomic E-state index is 12.7. The topological polar surface area (TPSA) is 54.6 Å². The zero-order chi connectivity index (χ0) is 18.0. The van der Waals surface area contributed by atoms with Crippen LogP contribution in [0.5, 0.6) is 0 Å². The number of hydrogen-bond donors (Lipinski definition) is 1. The molecule has 4 rings (SSSR count). The second kappa shape index (κ2) is 7.07. The van der Waals surface area contributed by atoms with Crippen LogP contribution in [0.25, 0.3) is 0 Å². The summed E-state index contributed by atoms with van der Waals surface area (Å²) in [6.45, 7) is 0. The van der Waals surface area contributed by atoms with Crippen molar-refractivity contribution >= 4 is 34.7 Å². The molecule has 5 heteroatoms. The van der Waals surface area contributed by atoms with Crippen LogP contribution in [0.15, 0.2) is 82.3 Å². The van der Waals surface area contributed by atoms with E-state index in [-0.39, 0.29) is 17.2 Å². The summed E-state index contributed by atoms with van der Waals surface area (Å²) < 4.78 is 6.19. The maximum atomic E-state index is 12.7. The molecule has 0 bridgehead atoms. The van der Waals surface area contributed by atoms with Gasteiger partial charge in [0.15, 0.2) is 3.77 Å². The molecule has 3 aromatic rings. The molecule has 1 aliphatic rings. The van der Waals surface area contributed by atoms with Crippen LogP contribution in [0.4, 0.5) is 0 Å². The smallest absolute Gasteiger partial charge is 0.244 e. The fourth-order valence-corrected chi connectivity index (χ4v) is 3.92. The number of amides is 1. The minimum atomic E-state index is -0.276. The van der Waals surface area contributed by atoms with Crippen LogP contribution in [0.3, 0.4) is 0 Å². The number of hydrogen-bond acceptors (Lipinski definition) is 3. The molecule has 1 unspecified atom stereocenters. The molecular formula is C21H17IN2O2. The van der Waals surface area contributed by atoms with Crippen molar-refractivity contribution in [3.63, 3.8) is 0 Å². The van der Waals surface area contributed by atoms with Crippen LogP contribution in [0, 0.1) is 9.68 Å². The highest BCUT2D eigenvalue weighted by Crippen LogP contribution is 2.58. The molecule has 130 valence electrons. The first-order valence-corrected chi connectivity index (χ1v) is 9.47. The fraction of sp³-hybridized carbons (Fsp3) is 0.143. The standard InChI is InChI=1S/C21H17IN2O2/c22-19-12-11-17(26-19)14-23-24-20(25)18-13-21(18,15-7-3-1-4-8-15)16-9-5-2-6-10-16/h1-12,14,18H,13H2,(H,24,25)/b23-14+. The van der Waals surface area contributed by atoms with Crippen molar-refractivity contribution in [2.45, 2.75) is 11.8 Å². The maximum Gasteiger partial charge on any atom is 0.244 e. The molecule has 26 heavy (non-hydrogen) atoms. The number of rotatable bonds is 5. The summed E-state index contributed by atoms with van der Waals surface area (Å²) in [5.41, 5.74) is 4.71. The van der Waals surface area contributed by atoms with Gasteiger partial charge < -0.3 is 4.42 Å². The van der Waals surface area contributed by atoms with Gasteiger partial charge in [-0.1, -0.05) is 60.7 Å². The first kappa shape index (κ1) is 17.0. The van der Waals surface area contributed by atoms with Crippen LogP contribution < -0.4 is 5.43 Å². The molecule has 1 aromatic heterocycles. The van der Waals surface area contributed by atoms with Crippen molar-refractivity contribution in [1.29, 1.82) is 0 Å². The SMILES string of the molecule is O=C(N/N=C/c1ccc(I)o1)C1CC1(c1ccccc1)c1ccccc1. The molecule has 2 aromatic carbocycles. The number of nitrogens with zero attached hydrogens (tertiary/aromatic N) is 1. The molecule has 1 aliphatic carbocycles. The van der Waals surface area contributed by atoms with E-state index in [1.54, 1.807) is 0 Å². The van der Waals surface area contributed by atoms with E-state index in [0.29, 0.717) is 5.76 Å². The van der Waals surface area contributed by atoms with Crippen LogP contribution >= 0.6 is 22.6 Å². The Labute approximate surface area is 165 Å². The molecule has 1 saturated carbocycles. The van der Waals surface area contributed by atoms with Crippen LogP contribution in [-0.4, -0.2) is 12.1 Å². The van der Waals surface area contributed by atoms with Gasteiger partial charge >= 0.3 is 0 Å². The van der Waals surface area contributed by atoms with Gasteiger partial charge in [0.2, 0.25) is 5.91 Å². The Kier molecular flexibility index (Phi) is 4.63. The minimum absolute atomic E-state index is 0.0739. The molecule has 1 N–H and O–H groups in total. The number of halogens is 1. The number of benzene rings is 2. The van der Waals surface area contributed by atoms with Crippen molar-refractivity contribution in [3.8, 4) is 0 Å². The van der Waals surface area contributed by atoms with Gasteiger partial charge in [0.25, 0.3) is 0 Å².